The molecule has 0 bridgehead atoms. The molecule has 172 valence electrons. The van der Waals surface area contributed by atoms with E-state index in [9.17, 15) is 13.9 Å². The number of hydrogen-bond acceptors (Lipinski definition) is 5. The molecule has 0 radical (unpaired) electrons. The molecule has 0 aromatic heterocycles. The van der Waals surface area contributed by atoms with Gasteiger partial charge in [-0.15, -0.1) is 0 Å². The van der Waals surface area contributed by atoms with Crippen LogP contribution in [0.3, 0.4) is 0 Å². The quantitative estimate of drug-likeness (QED) is 0.118. The van der Waals surface area contributed by atoms with Gasteiger partial charge in [0.15, 0.2) is 5.78 Å². The van der Waals surface area contributed by atoms with Crippen molar-refractivity contribution in [2.45, 2.75) is 83.5 Å². The van der Waals surface area contributed by atoms with Crippen molar-refractivity contribution in [1.82, 2.24) is 0 Å². The number of carbonyl (C=O) groups excluding carboxylic acids is 1. The highest BCUT2D eigenvalue weighted by atomic mass is 31.2. The first-order chi connectivity index (χ1) is 13.6. The van der Waals surface area contributed by atoms with Crippen molar-refractivity contribution in [2.24, 2.45) is 0 Å². The van der Waals surface area contributed by atoms with Gasteiger partial charge in [-0.05, 0) is 38.2 Å². The van der Waals surface area contributed by atoms with E-state index in [4.69, 9.17) is 19.6 Å². The number of ketones is 1. The Morgan fingerprint density at radius 1 is 0.655 bits per heavy atom. The predicted octanol–water partition coefficient (Wildman–Crippen LogP) is 4.40. The zero-order chi connectivity index (χ0) is 22.0. The summed E-state index contributed by atoms with van der Waals surface area (Å²) in [7, 11) is -8.68. The molecule has 0 fully saturated rings. The van der Waals surface area contributed by atoms with Gasteiger partial charge < -0.3 is 19.6 Å². The topological polar surface area (TPSA) is 151 Å². The van der Waals surface area contributed by atoms with Gasteiger partial charge in [0.25, 0.3) is 0 Å². The first kappa shape index (κ1) is 28.6. The van der Waals surface area contributed by atoms with Gasteiger partial charge in [0.1, 0.15) is 0 Å². The van der Waals surface area contributed by atoms with Gasteiger partial charge in [0.05, 0.1) is 13.2 Å². The third-order valence-corrected chi connectivity index (χ3v) is 5.19. The maximum atomic E-state index is 11.7. The van der Waals surface area contributed by atoms with E-state index in [1.54, 1.807) is 6.08 Å². The first-order valence-corrected chi connectivity index (χ1v) is 13.3. The molecule has 11 heteroatoms. The molecule has 0 atom stereocenters. The number of unbranched alkanes of at least 4 members (excludes halogenated alkanes) is 10. The Morgan fingerprint density at radius 2 is 1.07 bits per heavy atom. The third kappa shape index (κ3) is 25.6. The molecule has 9 nitrogen and oxygen atoms in total. The summed E-state index contributed by atoms with van der Waals surface area (Å²) in [5.41, 5.74) is 0. The number of allylic oxidation sites excluding steroid dienone is 2. The van der Waals surface area contributed by atoms with E-state index < -0.39 is 15.6 Å². The molecular formula is C18H36O9P2. The SMILES string of the molecule is O=C(/C=C/CCCCCCCOP(=O)(O)O)CCCCCCCCOP(=O)(O)O. The van der Waals surface area contributed by atoms with Crippen molar-refractivity contribution in [1.29, 1.82) is 0 Å². The molecule has 4 N–H and O–H groups in total. The summed E-state index contributed by atoms with van der Waals surface area (Å²) in [5, 5.41) is 0. The average Bonchev–Trinajstić information content (AvgIpc) is 2.60. The molecule has 0 saturated carbocycles. The maximum absolute atomic E-state index is 11.7. The minimum absolute atomic E-state index is 0.0680. The van der Waals surface area contributed by atoms with E-state index in [0.717, 1.165) is 64.2 Å². The van der Waals surface area contributed by atoms with Crippen LogP contribution in [0.25, 0.3) is 0 Å². The van der Waals surface area contributed by atoms with Gasteiger partial charge in [-0.3, -0.25) is 13.8 Å². The Morgan fingerprint density at radius 3 is 1.55 bits per heavy atom. The maximum Gasteiger partial charge on any atom is 0.469 e. The van der Waals surface area contributed by atoms with Crippen molar-refractivity contribution in [2.75, 3.05) is 13.2 Å². The van der Waals surface area contributed by atoms with Gasteiger partial charge in [-0.1, -0.05) is 51.0 Å². The second kappa shape index (κ2) is 17.3. The van der Waals surface area contributed by atoms with Gasteiger partial charge in [-0.2, -0.15) is 0 Å². The summed E-state index contributed by atoms with van der Waals surface area (Å²) < 4.78 is 29.7. The van der Waals surface area contributed by atoms with Gasteiger partial charge in [0.2, 0.25) is 0 Å². The smallest absolute Gasteiger partial charge is 0.303 e. The van der Waals surface area contributed by atoms with Crippen LogP contribution in [0, 0.1) is 0 Å². The molecule has 0 amide bonds. The molecular weight excluding hydrogens is 422 g/mol. The van der Waals surface area contributed by atoms with Gasteiger partial charge in [0, 0.05) is 6.42 Å². The molecule has 0 aromatic rings. The van der Waals surface area contributed by atoms with Crippen LogP contribution in [-0.2, 0) is 23.0 Å². The van der Waals surface area contributed by atoms with Crippen LogP contribution in [0.4, 0.5) is 0 Å². The molecule has 0 aliphatic heterocycles. The zero-order valence-electron chi connectivity index (χ0n) is 17.0. The Bertz CT molecular complexity index is 539. The molecule has 0 aromatic carbocycles. The van der Waals surface area contributed by atoms with Crippen molar-refractivity contribution in [3.05, 3.63) is 12.2 Å². The largest absolute Gasteiger partial charge is 0.469 e. The number of phosphoric ester groups is 2. The molecule has 0 aliphatic carbocycles. The van der Waals surface area contributed by atoms with E-state index in [1.165, 1.54) is 0 Å². The fourth-order valence-corrected chi connectivity index (χ4v) is 3.40. The lowest BCUT2D eigenvalue weighted by atomic mass is 10.1. The highest BCUT2D eigenvalue weighted by Crippen LogP contribution is 2.36. The number of carbonyl (C=O) groups is 1. The van der Waals surface area contributed by atoms with Crippen molar-refractivity contribution < 1.29 is 42.5 Å². The highest BCUT2D eigenvalue weighted by molar-refractivity contribution is 7.46. The van der Waals surface area contributed by atoms with Crippen molar-refractivity contribution in [3.8, 4) is 0 Å². The van der Waals surface area contributed by atoms with Crippen molar-refractivity contribution >= 4 is 21.4 Å². The number of hydrogen-bond donors (Lipinski definition) is 4. The van der Waals surface area contributed by atoms with Crippen LogP contribution in [0.15, 0.2) is 12.2 Å². The standard InChI is InChI=1S/C18H36O9P2/c19-18(15-11-7-3-5-9-13-17-27-29(23,24)25)14-10-6-2-1-4-8-12-16-26-28(20,21)22/h10,14H,1-9,11-13,15-17H2,(H2,20,21,22)(H2,23,24,25)/b14-10+. The Kier molecular flexibility index (Phi) is 17.1. The van der Waals surface area contributed by atoms with Crippen LogP contribution in [0.2, 0.25) is 0 Å². The molecule has 0 saturated heterocycles. The Hall–Kier alpha value is -0.370. The van der Waals surface area contributed by atoms with E-state index in [0.29, 0.717) is 19.3 Å². The molecule has 0 spiro atoms. The predicted molar refractivity (Wildman–Crippen MR) is 110 cm³/mol. The molecule has 0 aliphatic rings. The normalized spacial score (nSPS) is 12.7. The lowest BCUT2D eigenvalue weighted by molar-refractivity contribution is -0.114. The Balaban J connectivity index is 3.37. The van der Waals surface area contributed by atoms with Crippen molar-refractivity contribution in [3.63, 3.8) is 0 Å². The van der Waals surface area contributed by atoms with E-state index in [-0.39, 0.29) is 19.0 Å². The molecule has 29 heavy (non-hydrogen) atoms. The summed E-state index contributed by atoms with van der Waals surface area (Å²) in [4.78, 5) is 45.9. The summed E-state index contributed by atoms with van der Waals surface area (Å²) in [6.45, 7) is 0.141. The van der Waals surface area contributed by atoms with Crippen LogP contribution >= 0.6 is 15.6 Å². The van der Waals surface area contributed by atoms with E-state index in [2.05, 4.69) is 9.05 Å². The van der Waals surface area contributed by atoms with Crippen LogP contribution in [-0.4, -0.2) is 38.6 Å². The average molecular weight is 458 g/mol. The second-order valence-electron chi connectivity index (χ2n) is 6.94. The number of rotatable bonds is 20. The summed E-state index contributed by atoms with van der Waals surface area (Å²) >= 11 is 0. The summed E-state index contributed by atoms with van der Waals surface area (Å²) in [5.74, 6) is 0.134. The fourth-order valence-electron chi connectivity index (χ4n) is 2.67. The van der Waals surface area contributed by atoms with Crippen LogP contribution < -0.4 is 0 Å². The monoisotopic (exact) mass is 458 g/mol. The van der Waals surface area contributed by atoms with Crippen LogP contribution in [0.1, 0.15) is 83.5 Å². The minimum atomic E-state index is -4.34. The molecule has 0 rings (SSSR count). The van der Waals surface area contributed by atoms with E-state index in [1.807, 2.05) is 6.08 Å². The minimum Gasteiger partial charge on any atom is -0.303 e. The number of phosphoric acid groups is 2. The lowest BCUT2D eigenvalue weighted by Crippen LogP contribution is -1.94. The second-order valence-corrected chi connectivity index (χ2v) is 9.42. The summed E-state index contributed by atoms with van der Waals surface area (Å²) in [6.07, 6.45) is 14.6. The van der Waals surface area contributed by atoms with E-state index >= 15 is 0 Å². The highest BCUT2D eigenvalue weighted by Gasteiger charge is 2.12. The zero-order valence-corrected chi connectivity index (χ0v) is 18.8. The summed E-state index contributed by atoms with van der Waals surface area (Å²) in [6, 6.07) is 0. The molecule has 0 heterocycles. The van der Waals surface area contributed by atoms with Crippen LogP contribution in [0.5, 0.6) is 0 Å². The third-order valence-electron chi connectivity index (χ3n) is 4.16. The molecule has 0 unspecified atom stereocenters. The Labute approximate surface area is 173 Å². The van der Waals surface area contributed by atoms with Gasteiger partial charge >= 0.3 is 15.6 Å². The van der Waals surface area contributed by atoms with Gasteiger partial charge in [-0.25, -0.2) is 9.13 Å². The first-order valence-electron chi connectivity index (χ1n) is 10.2. The fraction of sp³-hybridized carbons (Fsp3) is 0.833. The lowest BCUT2D eigenvalue weighted by Gasteiger charge is -2.04.